The topological polar surface area (TPSA) is 63.2 Å². The number of methoxy groups -OCH3 is 1. The zero-order valence-electron chi connectivity index (χ0n) is 18.4. The van der Waals surface area contributed by atoms with Crippen molar-refractivity contribution in [3.05, 3.63) is 58.9 Å². The minimum atomic E-state index is -5.00. The molecule has 1 aliphatic carbocycles. The summed E-state index contributed by atoms with van der Waals surface area (Å²) in [4.78, 5) is 16.6. The van der Waals surface area contributed by atoms with Crippen LogP contribution in [0.25, 0.3) is 0 Å². The molecule has 5 nitrogen and oxygen atoms in total. The molecule has 34 heavy (non-hydrogen) atoms. The van der Waals surface area contributed by atoms with Crippen LogP contribution in [0.2, 0.25) is 0 Å². The van der Waals surface area contributed by atoms with Crippen molar-refractivity contribution in [2.75, 3.05) is 13.7 Å². The normalized spacial score (nSPS) is 19.0. The van der Waals surface area contributed by atoms with Gasteiger partial charge >= 0.3 is 12.4 Å². The first-order chi connectivity index (χ1) is 16.0. The Morgan fingerprint density at radius 3 is 2.21 bits per heavy atom. The number of hydrogen-bond donors (Lipinski definition) is 2. The second kappa shape index (κ2) is 10.6. The van der Waals surface area contributed by atoms with Gasteiger partial charge in [0.05, 0.1) is 23.9 Å². The van der Waals surface area contributed by atoms with Gasteiger partial charge in [0.1, 0.15) is 5.75 Å². The van der Waals surface area contributed by atoms with Gasteiger partial charge in [-0.25, -0.2) is 0 Å². The maximum Gasteiger partial charge on any atom is 0.416 e. The number of hydrogen-bond acceptors (Lipinski definition) is 4. The highest BCUT2D eigenvalue weighted by molar-refractivity contribution is 5.94. The van der Waals surface area contributed by atoms with Crippen LogP contribution in [0.1, 0.15) is 52.9 Å². The van der Waals surface area contributed by atoms with Crippen LogP contribution in [-0.4, -0.2) is 30.6 Å². The SMILES string of the molecule is COc1cccnc1CNC1CCC(CNC(=O)c2cc(C(F)(F)F)cc(C(F)(F)F)c2)CC1. The number of benzene rings is 1. The molecule has 1 amide bonds. The summed E-state index contributed by atoms with van der Waals surface area (Å²) < 4.78 is 83.3. The van der Waals surface area contributed by atoms with Crippen molar-refractivity contribution in [1.82, 2.24) is 15.6 Å². The number of alkyl halides is 6. The van der Waals surface area contributed by atoms with Gasteiger partial charge in [-0.05, 0) is 61.9 Å². The van der Waals surface area contributed by atoms with Gasteiger partial charge in [0.25, 0.3) is 5.91 Å². The second-order valence-electron chi connectivity index (χ2n) is 8.26. The lowest BCUT2D eigenvalue weighted by Crippen LogP contribution is -2.37. The monoisotopic (exact) mass is 489 g/mol. The van der Waals surface area contributed by atoms with E-state index >= 15 is 0 Å². The Morgan fingerprint density at radius 2 is 1.65 bits per heavy atom. The number of rotatable bonds is 7. The van der Waals surface area contributed by atoms with Gasteiger partial charge in [-0.15, -0.1) is 0 Å². The quantitative estimate of drug-likeness (QED) is 0.525. The Morgan fingerprint density at radius 1 is 1.03 bits per heavy atom. The van der Waals surface area contributed by atoms with Crippen LogP contribution in [0, 0.1) is 5.92 Å². The number of nitrogens with zero attached hydrogens (tertiary/aromatic N) is 1. The number of ether oxygens (including phenoxy) is 1. The van der Waals surface area contributed by atoms with Crippen molar-refractivity contribution >= 4 is 5.91 Å². The molecule has 2 aromatic rings. The van der Waals surface area contributed by atoms with Crippen LogP contribution in [0.15, 0.2) is 36.5 Å². The number of aromatic nitrogens is 1. The van der Waals surface area contributed by atoms with Crippen molar-refractivity contribution in [3.63, 3.8) is 0 Å². The van der Waals surface area contributed by atoms with E-state index in [0.717, 1.165) is 31.4 Å². The van der Waals surface area contributed by atoms with E-state index in [0.29, 0.717) is 24.4 Å². The Bertz CT molecular complexity index is 953. The third-order valence-corrected chi connectivity index (χ3v) is 5.87. The molecule has 0 unspecified atom stereocenters. The largest absolute Gasteiger partial charge is 0.495 e. The molecule has 1 saturated carbocycles. The maximum atomic E-state index is 13.0. The lowest BCUT2D eigenvalue weighted by Gasteiger charge is -2.29. The fourth-order valence-electron chi connectivity index (χ4n) is 3.98. The summed E-state index contributed by atoms with van der Waals surface area (Å²) in [6.07, 6.45) is -5.17. The number of carbonyl (C=O) groups is 1. The molecule has 0 radical (unpaired) electrons. The fraction of sp³-hybridized carbons (Fsp3) is 0.478. The van der Waals surface area contributed by atoms with Gasteiger partial charge in [0.2, 0.25) is 0 Å². The minimum Gasteiger partial charge on any atom is -0.495 e. The summed E-state index contributed by atoms with van der Waals surface area (Å²) in [6.45, 7) is 0.713. The van der Waals surface area contributed by atoms with Gasteiger partial charge in [0.15, 0.2) is 0 Å². The molecule has 0 bridgehead atoms. The van der Waals surface area contributed by atoms with E-state index in [1.807, 2.05) is 6.07 Å². The van der Waals surface area contributed by atoms with E-state index in [2.05, 4.69) is 15.6 Å². The van der Waals surface area contributed by atoms with E-state index in [1.165, 1.54) is 0 Å². The highest BCUT2D eigenvalue weighted by Gasteiger charge is 2.37. The molecule has 3 rings (SSSR count). The van der Waals surface area contributed by atoms with Crippen molar-refractivity contribution in [3.8, 4) is 5.75 Å². The Labute approximate surface area is 192 Å². The first-order valence-corrected chi connectivity index (χ1v) is 10.8. The van der Waals surface area contributed by atoms with E-state index in [-0.39, 0.29) is 24.6 Å². The van der Waals surface area contributed by atoms with E-state index in [4.69, 9.17) is 4.74 Å². The first kappa shape index (κ1) is 25.8. The number of amides is 1. The smallest absolute Gasteiger partial charge is 0.416 e. The van der Waals surface area contributed by atoms with E-state index < -0.39 is 35.0 Å². The van der Waals surface area contributed by atoms with Crippen molar-refractivity contribution in [2.24, 2.45) is 5.92 Å². The molecule has 1 fully saturated rings. The lowest BCUT2D eigenvalue weighted by molar-refractivity contribution is -0.143. The molecule has 0 spiro atoms. The molecule has 1 heterocycles. The van der Waals surface area contributed by atoms with Crippen LogP contribution < -0.4 is 15.4 Å². The van der Waals surface area contributed by atoms with Crippen molar-refractivity contribution in [1.29, 1.82) is 0 Å². The molecular weight excluding hydrogens is 464 g/mol. The predicted octanol–water partition coefficient (Wildman–Crippen LogP) is 5.21. The number of halogens is 6. The maximum absolute atomic E-state index is 13.0. The van der Waals surface area contributed by atoms with E-state index in [1.54, 1.807) is 19.4 Å². The average molecular weight is 489 g/mol. The Balaban J connectivity index is 1.52. The summed E-state index contributed by atoms with van der Waals surface area (Å²) in [5, 5.41) is 5.91. The van der Waals surface area contributed by atoms with Gasteiger partial charge in [0, 0.05) is 30.9 Å². The van der Waals surface area contributed by atoms with Gasteiger partial charge in [-0.3, -0.25) is 9.78 Å². The zero-order chi connectivity index (χ0) is 24.9. The van der Waals surface area contributed by atoms with Crippen molar-refractivity contribution < 1.29 is 35.9 Å². The molecular formula is C23H25F6N3O2. The highest BCUT2D eigenvalue weighted by Crippen LogP contribution is 2.36. The third kappa shape index (κ3) is 6.85. The van der Waals surface area contributed by atoms with Crippen LogP contribution in [0.4, 0.5) is 26.3 Å². The Hall–Kier alpha value is -2.82. The number of pyridine rings is 1. The van der Waals surface area contributed by atoms with Crippen molar-refractivity contribution in [2.45, 2.75) is 50.6 Å². The summed E-state index contributed by atoms with van der Waals surface area (Å²) in [7, 11) is 1.57. The molecule has 2 N–H and O–H groups in total. The summed E-state index contributed by atoms with van der Waals surface area (Å²) >= 11 is 0. The first-order valence-electron chi connectivity index (χ1n) is 10.8. The fourth-order valence-corrected chi connectivity index (χ4v) is 3.98. The molecule has 11 heteroatoms. The highest BCUT2D eigenvalue weighted by atomic mass is 19.4. The predicted molar refractivity (Wildman–Crippen MR) is 112 cm³/mol. The Kier molecular flexibility index (Phi) is 8.06. The van der Waals surface area contributed by atoms with Crippen LogP contribution in [0.5, 0.6) is 5.75 Å². The van der Waals surface area contributed by atoms with E-state index in [9.17, 15) is 31.1 Å². The van der Waals surface area contributed by atoms with Gasteiger partial charge in [-0.2, -0.15) is 26.3 Å². The summed E-state index contributed by atoms with van der Waals surface area (Å²) in [6, 6.07) is 4.73. The molecule has 0 aliphatic heterocycles. The third-order valence-electron chi connectivity index (χ3n) is 5.87. The number of nitrogens with one attached hydrogen (secondary N) is 2. The molecule has 1 aromatic carbocycles. The van der Waals surface area contributed by atoms with Crippen LogP contribution in [0.3, 0.4) is 0 Å². The summed E-state index contributed by atoms with van der Waals surface area (Å²) in [5.74, 6) is -0.187. The molecule has 0 saturated heterocycles. The molecule has 1 aliphatic rings. The van der Waals surface area contributed by atoms with Crippen LogP contribution in [-0.2, 0) is 18.9 Å². The minimum absolute atomic E-state index is 0.00556. The molecule has 1 aromatic heterocycles. The standard InChI is InChI=1S/C23H25F6N3O2/c1-34-20-3-2-8-30-19(20)13-31-18-6-4-14(5-7-18)12-32-21(33)15-9-16(22(24,25)26)11-17(10-15)23(27,28)29/h2-3,8-11,14,18,31H,4-7,12-13H2,1H3,(H,32,33). The van der Waals surface area contributed by atoms with Gasteiger partial charge in [-0.1, -0.05) is 0 Å². The number of carbonyl (C=O) groups excluding carboxylic acids is 1. The van der Waals surface area contributed by atoms with Gasteiger partial charge < -0.3 is 15.4 Å². The second-order valence-corrected chi connectivity index (χ2v) is 8.26. The van der Waals surface area contributed by atoms with Crippen LogP contribution >= 0.6 is 0 Å². The lowest BCUT2D eigenvalue weighted by atomic mass is 9.86. The molecule has 0 atom stereocenters. The zero-order valence-corrected chi connectivity index (χ0v) is 18.4. The molecule has 186 valence electrons. The summed E-state index contributed by atoms with van der Waals surface area (Å²) in [5.41, 5.74) is -2.90. The average Bonchev–Trinajstić information content (AvgIpc) is 2.80.